The molecule has 0 spiro atoms. The molecule has 0 amide bonds. The molecule has 3 heterocycles. The highest BCUT2D eigenvalue weighted by Gasteiger charge is 2.15. The number of rotatable bonds is 1. The standard InChI is InChI=1S/C27H16N2O2/c30-27-25-24(19-7-1-3-10-21(19)28-25)20-14-15(12-13-22(20)29-27)16-8-5-9-18-17-6-2-4-11-23(17)31-26(16)18/h1-14,28H,(H,29,30). The van der Waals surface area contributed by atoms with Crippen LogP contribution < -0.4 is 5.56 Å². The molecule has 3 aromatic heterocycles. The average molecular weight is 400 g/mol. The lowest BCUT2D eigenvalue weighted by Gasteiger charge is -2.06. The third kappa shape index (κ3) is 2.21. The molecule has 0 radical (unpaired) electrons. The first-order valence-corrected chi connectivity index (χ1v) is 10.2. The van der Waals surface area contributed by atoms with Gasteiger partial charge in [-0.05, 0) is 29.8 Å². The highest BCUT2D eigenvalue weighted by atomic mass is 16.3. The first-order chi connectivity index (χ1) is 15.3. The molecule has 0 bridgehead atoms. The monoisotopic (exact) mass is 400 g/mol. The molecule has 0 aliphatic carbocycles. The topological polar surface area (TPSA) is 61.8 Å². The highest BCUT2D eigenvalue weighted by molar-refractivity contribution is 6.20. The van der Waals surface area contributed by atoms with Gasteiger partial charge in [-0.2, -0.15) is 0 Å². The number of fused-ring (bicyclic) bond motifs is 8. The Hall–Kier alpha value is -4.31. The molecule has 0 aliphatic heterocycles. The summed E-state index contributed by atoms with van der Waals surface area (Å²) in [6, 6.07) is 28.6. The Morgan fingerprint density at radius 2 is 1.42 bits per heavy atom. The fraction of sp³-hybridized carbons (Fsp3) is 0. The highest BCUT2D eigenvalue weighted by Crippen LogP contribution is 2.37. The van der Waals surface area contributed by atoms with Crippen LogP contribution in [0.1, 0.15) is 0 Å². The van der Waals surface area contributed by atoms with Crippen LogP contribution >= 0.6 is 0 Å². The van der Waals surface area contributed by atoms with Crippen LogP contribution in [0.4, 0.5) is 0 Å². The average Bonchev–Trinajstić information content (AvgIpc) is 3.38. The fourth-order valence-electron chi connectivity index (χ4n) is 4.78. The van der Waals surface area contributed by atoms with Crippen LogP contribution in [0.5, 0.6) is 0 Å². The summed E-state index contributed by atoms with van der Waals surface area (Å²) in [5.74, 6) is 0. The Labute approximate surface area is 175 Å². The molecule has 4 aromatic carbocycles. The normalized spacial score (nSPS) is 12.0. The molecule has 0 fully saturated rings. The van der Waals surface area contributed by atoms with Gasteiger partial charge in [0.1, 0.15) is 16.7 Å². The van der Waals surface area contributed by atoms with Crippen molar-refractivity contribution in [1.82, 2.24) is 9.97 Å². The number of aromatic nitrogens is 2. The second-order valence-corrected chi connectivity index (χ2v) is 7.92. The lowest BCUT2D eigenvalue weighted by Crippen LogP contribution is -2.06. The van der Waals surface area contributed by atoms with Gasteiger partial charge in [0, 0.05) is 43.5 Å². The number of furan rings is 1. The van der Waals surface area contributed by atoms with Gasteiger partial charge in [-0.1, -0.05) is 60.7 Å². The lowest BCUT2D eigenvalue weighted by atomic mass is 9.99. The van der Waals surface area contributed by atoms with E-state index >= 15 is 0 Å². The van der Waals surface area contributed by atoms with E-state index in [0.29, 0.717) is 5.52 Å². The van der Waals surface area contributed by atoms with Crippen LogP contribution in [0.25, 0.3) is 65.8 Å². The fourth-order valence-corrected chi connectivity index (χ4v) is 4.78. The van der Waals surface area contributed by atoms with Gasteiger partial charge in [0.15, 0.2) is 0 Å². The molecule has 2 N–H and O–H groups in total. The van der Waals surface area contributed by atoms with E-state index in [1.54, 1.807) is 0 Å². The number of pyridine rings is 1. The number of hydrogen-bond acceptors (Lipinski definition) is 2. The SMILES string of the molecule is O=c1[nH]c2ccc(-c3cccc4c3oc3ccccc34)cc2c2c1[nH]c1ccccc12. The molecule has 4 heteroatoms. The van der Waals surface area contributed by atoms with Crippen molar-refractivity contribution in [2.24, 2.45) is 0 Å². The zero-order valence-corrected chi connectivity index (χ0v) is 16.4. The molecular weight excluding hydrogens is 384 g/mol. The third-order valence-corrected chi connectivity index (χ3v) is 6.19. The van der Waals surface area contributed by atoms with Crippen LogP contribution in [-0.2, 0) is 0 Å². The summed E-state index contributed by atoms with van der Waals surface area (Å²) in [6.07, 6.45) is 0. The van der Waals surface area contributed by atoms with Crippen LogP contribution in [0.3, 0.4) is 0 Å². The summed E-state index contributed by atoms with van der Waals surface area (Å²) in [6.45, 7) is 0. The molecule has 146 valence electrons. The Bertz CT molecular complexity index is 1870. The third-order valence-electron chi connectivity index (χ3n) is 6.19. The van der Waals surface area contributed by atoms with Crippen LogP contribution in [0.15, 0.2) is 94.1 Å². The summed E-state index contributed by atoms with van der Waals surface area (Å²) in [4.78, 5) is 19.0. The predicted octanol–water partition coefficient (Wildman–Crippen LogP) is 6.73. The van der Waals surface area contributed by atoms with E-state index in [4.69, 9.17) is 4.42 Å². The van der Waals surface area contributed by atoms with Gasteiger partial charge in [-0.3, -0.25) is 4.79 Å². The van der Waals surface area contributed by atoms with E-state index in [0.717, 1.165) is 60.3 Å². The maximum Gasteiger partial charge on any atom is 0.272 e. The summed E-state index contributed by atoms with van der Waals surface area (Å²) >= 11 is 0. The maximum atomic E-state index is 12.7. The zero-order chi connectivity index (χ0) is 20.5. The van der Waals surface area contributed by atoms with E-state index < -0.39 is 0 Å². The zero-order valence-electron chi connectivity index (χ0n) is 16.4. The van der Waals surface area contributed by atoms with Crippen molar-refractivity contribution in [1.29, 1.82) is 0 Å². The molecule has 7 rings (SSSR count). The first kappa shape index (κ1) is 16.5. The van der Waals surface area contributed by atoms with Gasteiger partial charge in [0.05, 0.1) is 0 Å². The number of para-hydroxylation sites is 3. The van der Waals surface area contributed by atoms with Crippen molar-refractivity contribution < 1.29 is 4.42 Å². The molecular formula is C27H16N2O2. The lowest BCUT2D eigenvalue weighted by molar-refractivity contribution is 0.670. The minimum atomic E-state index is -0.106. The number of benzene rings is 4. The summed E-state index contributed by atoms with van der Waals surface area (Å²) < 4.78 is 6.25. The number of hydrogen-bond donors (Lipinski definition) is 2. The van der Waals surface area contributed by atoms with Gasteiger partial charge in [-0.25, -0.2) is 0 Å². The van der Waals surface area contributed by atoms with Crippen LogP contribution in [0.2, 0.25) is 0 Å². The summed E-state index contributed by atoms with van der Waals surface area (Å²) in [5, 5.41) is 5.23. The summed E-state index contributed by atoms with van der Waals surface area (Å²) in [5.41, 5.74) is 6.13. The molecule has 0 saturated heterocycles. The smallest absolute Gasteiger partial charge is 0.272 e. The van der Waals surface area contributed by atoms with Gasteiger partial charge in [-0.15, -0.1) is 0 Å². The largest absolute Gasteiger partial charge is 0.455 e. The molecule has 7 aromatic rings. The minimum absolute atomic E-state index is 0.106. The van der Waals surface area contributed by atoms with E-state index in [1.165, 1.54) is 0 Å². The molecule has 0 aliphatic rings. The Morgan fingerprint density at radius 3 is 2.35 bits per heavy atom. The number of aromatic amines is 2. The Balaban J connectivity index is 1.60. The van der Waals surface area contributed by atoms with Gasteiger partial charge < -0.3 is 14.4 Å². The van der Waals surface area contributed by atoms with Crippen molar-refractivity contribution >= 4 is 54.6 Å². The van der Waals surface area contributed by atoms with Crippen molar-refractivity contribution in [3.05, 3.63) is 95.3 Å². The van der Waals surface area contributed by atoms with E-state index in [2.05, 4.69) is 46.4 Å². The second kappa shape index (κ2) is 5.86. The minimum Gasteiger partial charge on any atom is -0.455 e. The quantitative estimate of drug-likeness (QED) is 0.321. The Kier molecular flexibility index (Phi) is 3.12. The molecule has 0 unspecified atom stereocenters. The van der Waals surface area contributed by atoms with Crippen molar-refractivity contribution in [2.75, 3.05) is 0 Å². The van der Waals surface area contributed by atoms with Crippen LogP contribution in [-0.4, -0.2) is 9.97 Å². The molecule has 0 atom stereocenters. The number of H-pyrrole nitrogens is 2. The first-order valence-electron chi connectivity index (χ1n) is 10.2. The Morgan fingerprint density at radius 1 is 0.645 bits per heavy atom. The molecule has 4 nitrogen and oxygen atoms in total. The maximum absolute atomic E-state index is 12.7. The van der Waals surface area contributed by atoms with Crippen molar-refractivity contribution in [2.45, 2.75) is 0 Å². The van der Waals surface area contributed by atoms with E-state index in [-0.39, 0.29) is 5.56 Å². The molecule has 0 saturated carbocycles. The molecule has 31 heavy (non-hydrogen) atoms. The van der Waals surface area contributed by atoms with E-state index in [9.17, 15) is 4.79 Å². The van der Waals surface area contributed by atoms with E-state index in [1.807, 2.05) is 48.5 Å². The van der Waals surface area contributed by atoms with Gasteiger partial charge >= 0.3 is 0 Å². The summed E-state index contributed by atoms with van der Waals surface area (Å²) in [7, 11) is 0. The van der Waals surface area contributed by atoms with Crippen LogP contribution in [0, 0.1) is 0 Å². The number of nitrogens with one attached hydrogen (secondary N) is 2. The second-order valence-electron chi connectivity index (χ2n) is 7.92. The van der Waals surface area contributed by atoms with Crippen molar-refractivity contribution in [3.8, 4) is 11.1 Å². The predicted molar refractivity (Wildman–Crippen MR) is 127 cm³/mol. The van der Waals surface area contributed by atoms with Gasteiger partial charge in [0.25, 0.3) is 5.56 Å². The van der Waals surface area contributed by atoms with Gasteiger partial charge in [0.2, 0.25) is 0 Å². The van der Waals surface area contributed by atoms with Crippen molar-refractivity contribution in [3.63, 3.8) is 0 Å².